The highest BCUT2D eigenvalue weighted by Gasteiger charge is 2.20. The normalized spacial score (nSPS) is 11.4. The Labute approximate surface area is 134 Å². The fourth-order valence-corrected chi connectivity index (χ4v) is 1.84. The van der Waals surface area contributed by atoms with Crippen LogP contribution in [0.5, 0.6) is 0 Å². The smallest absolute Gasteiger partial charge is 0.410 e. The van der Waals surface area contributed by atoms with Crippen LogP contribution in [0.3, 0.4) is 0 Å². The molecule has 1 N–H and O–H groups in total. The zero-order chi connectivity index (χ0) is 17.6. The molecule has 1 rings (SSSR count). The van der Waals surface area contributed by atoms with Gasteiger partial charge in [0, 0.05) is 37.8 Å². The third kappa shape index (κ3) is 6.48. The maximum atomic E-state index is 13.5. The topological polar surface area (TPSA) is 41.6 Å². The first-order chi connectivity index (χ1) is 10.6. The zero-order valence-corrected chi connectivity index (χ0v) is 13.9. The molecule has 0 fully saturated rings. The molecular weight excluding hydrogens is 309 g/mol. The number of nitrogens with zero attached hydrogens (tertiary/aromatic N) is 1. The summed E-state index contributed by atoms with van der Waals surface area (Å²) in [5.41, 5.74) is -0.545. The number of rotatable bonds is 6. The molecule has 0 saturated heterocycles. The van der Waals surface area contributed by atoms with Crippen LogP contribution < -0.4 is 5.32 Å². The van der Waals surface area contributed by atoms with Crippen molar-refractivity contribution in [2.75, 3.05) is 19.6 Å². The summed E-state index contributed by atoms with van der Waals surface area (Å²) < 4.78 is 44.6. The number of hydrogen-bond acceptors (Lipinski definition) is 3. The molecule has 23 heavy (non-hydrogen) atoms. The molecule has 0 aliphatic rings. The van der Waals surface area contributed by atoms with Crippen molar-refractivity contribution in [3.8, 4) is 0 Å². The first-order valence-electron chi connectivity index (χ1n) is 7.46. The minimum Gasteiger partial charge on any atom is -0.444 e. The second-order valence-electron chi connectivity index (χ2n) is 6.09. The van der Waals surface area contributed by atoms with Crippen LogP contribution in [0.15, 0.2) is 12.1 Å². The molecule has 0 bridgehead atoms. The van der Waals surface area contributed by atoms with Crippen LogP contribution in [-0.4, -0.2) is 36.2 Å². The Balaban J connectivity index is 2.47. The minimum atomic E-state index is -1.21. The molecule has 0 saturated carbocycles. The Kier molecular flexibility index (Phi) is 6.87. The maximum absolute atomic E-state index is 13.5. The standard InChI is InChI=1S/C16H23F3N2O2/c1-5-21(15(22)23-16(2,3)4)7-6-20-10-11-8-13(18)14(19)9-12(11)17/h8-9,20H,5-7,10H2,1-4H3. The minimum absolute atomic E-state index is 0.0317. The van der Waals surface area contributed by atoms with Crippen molar-refractivity contribution in [3.05, 3.63) is 35.1 Å². The summed E-state index contributed by atoms with van der Waals surface area (Å²) in [6, 6.07) is 1.34. The summed E-state index contributed by atoms with van der Waals surface area (Å²) in [7, 11) is 0. The van der Waals surface area contributed by atoms with Gasteiger partial charge in [0.05, 0.1) is 0 Å². The summed E-state index contributed by atoms with van der Waals surface area (Å²) in [6.07, 6.45) is -0.430. The van der Waals surface area contributed by atoms with E-state index in [1.54, 1.807) is 20.8 Å². The molecule has 1 amide bonds. The quantitative estimate of drug-likeness (QED) is 0.641. The largest absolute Gasteiger partial charge is 0.444 e. The van der Waals surface area contributed by atoms with E-state index >= 15 is 0 Å². The van der Waals surface area contributed by atoms with Crippen molar-refractivity contribution in [3.63, 3.8) is 0 Å². The molecule has 0 aromatic heterocycles. The van der Waals surface area contributed by atoms with Gasteiger partial charge in [0.15, 0.2) is 11.6 Å². The van der Waals surface area contributed by atoms with Gasteiger partial charge in [-0.15, -0.1) is 0 Å². The van der Waals surface area contributed by atoms with Crippen LogP contribution >= 0.6 is 0 Å². The number of amides is 1. The number of likely N-dealkylation sites (N-methyl/N-ethyl adjacent to an activating group) is 1. The van der Waals surface area contributed by atoms with E-state index in [1.807, 2.05) is 6.92 Å². The van der Waals surface area contributed by atoms with Gasteiger partial charge in [-0.25, -0.2) is 18.0 Å². The second kappa shape index (κ2) is 8.19. The average molecular weight is 332 g/mol. The van der Waals surface area contributed by atoms with E-state index in [0.717, 1.165) is 6.07 Å². The van der Waals surface area contributed by atoms with Crippen LogP contribution in [0.25, 0.3) is 0 Å². The Morgan fingerprint density at radius 2 is 1.78 bits per heavy atom. The molecule has 1 aromatic rings. The molecule has 0 aliphatic heterocycles. The lowest BCUT2D eigenvalue weighted by Crippen LogP contribution is -2.40. The summed E-state index contributed by atoms with van der Waals surface area (Å²) >= 11 is 0. The SMILES string of the molecule is CCN(CCNCc1cc(F)c(F)cc1F)C(=O)OC(C)(C)C. The van der Waals surface area contributed by atoms with Gasteiger partial charge in [-0.05, 0) is 33.8 Å². The van der Waals surface area contributed by atoms with Crippen molar-refractivity contribution in [2.45, 2.75) is 39.8 Å². The van der Waals surface area contributed by atoms with E-state index in [-0.39, 0.29) is 12.1 Å². The zero-order valence-electron chi connectivity index (χ0n) is 13.9. The molecule has 1 aromatic carbocycles. The monoisotopic (exact) mass is 332 g/mol. The second-order valence-corrected chi connectivity index (χ2v) is 6.09. The van der Waals surface area contributed by atoms with Crippen LogP contribution in [0.4, 0.5) is 18.0 Å². The number of nitrogens with one attached hydrogen (secondary N) is 1. The molecule has 0 aliphatic carbocycles. The van der Waals surface area contributed by atoms with E-state index in [1.165, 1.54) is 4.90 Å². The highest BCUT2D eigenvalue weighted by atomic mass is 19.2. The summed E-state index contributed by atoms with van der Waals surface area (Å²) in [6.45, 7) is 8.39. The predicted molar refractivity (Wildman–Crippen MR) is 81.5 cm³/mol. The van der Waals surface area contributed by atoms with Crippen LogP contribution in [0, 0.1) is 17.5 Å². The molecule has 7 heteroatoms. The number of carbonyl (C=O) groups excluding carboxylic acids is 1. The van der Waals surface area contributed by atoms with Gasteiger partial charge in [-0.1, -0.05) is 0 Å². The number of carbonyl (C=O) groups is 1. The summed E-state index contributed by atoms with van der Waals surface area (Å²) in [4.78, 5) is 13.4. The van der Waals surface area contributed by atoms with Crippen molar-refractivity contribution in [1.82, 2.24) is 10.2 Å². The predicted octanol–water partition coefficient (Wildman–Crippen LogP) is 3.45. The molecule has 0 heterocycles. The van der Waals surface area contributed by atoms with Crippen molar-refractivity contribution >= 4 is 6.09 Å². The first kappa shape index (κ1) is 19.3. The van der Waals surface area contributed by atoms with Crippen LogP contribution in [0.1, 0.15) is 33.3 Å². The highest BCUT2D eigenvalue weighted by molar-refractivity contribution is 5.68. The lowest BCUT2D eigenvalue weighted by atomic mass is 10.2. The number of benzene rings is 1. The first-order valence-corrected chi connectivity index (χ1v) is 7.46. The van der Waals surface area contributed by atoms with Gasteiger partial charge in [-0.3, -0.25) is 0 Å². The maximum Gasteiger partial charge on any atom is 0.410 e. The number of halogens is 3. The Hall–Kier alpha value is -1.76. The van der Waals surface area contributed by atoms with Gasteiger partial charge in [0.2, 0.25) is 0 Å². The highest BCUT2D eigenvalue weighted by Crippen LogP contribution is 2.13. The van der Waals surface area contributed by atoms with Crippen molar-refractivity contribution < 1.29 is 22.7 Å². The third-order valence-corrected chi connectivity index (χ3v) is 3.00. The van der Waals surface area contributed by atoms with Crippen LogP contribution in [0.2, 0.25) is 0 Å². The van der Waals surface area contributed by atoms with Gasteiger partial charge in [0.25, 0.3) is 0 Å². The van der Waals surface area contributed by atoms with Gasteiger partial charge in [-0.2, -0.15) is 0 Å². The molecule has 4 nitrogen and oxygen atoms in total. The molecule has 0 spiro atoms. The molecule has 0 atom stereocenters. The van der Waals surface area contributed by atoms with E-state index in [2.05, 4.69) is 5.32 Å². The van der Waals surface area contributed by atoms with Gasteiger partial charge < -0.3 is 15.0 Å². The van der Waals surface area contributed by atoms with Crippen molar-refractivity contribution in [2.24, 2.45) is 0 Å². The fraction of sp³-hybridized carbons (Fsp3) is 0.562. The summed E-state index contributed by atoms with van der Waals surface area (Å²) in [5, 5.41) is 2.89. The van der Waals surface area contributed by atoms with E-state index in [4.69, 9.17) is 4.74 Å². The molecule has 0 unspecified atom stereocenters. The number of hydrogen-bond donors (Lipinski definition) is 1. The molecule has 0 radical (unpaired) electrons. The third-order valence-electron chi connectivity index (χ3n) is 3.00. The Bertz CT molecular complexity index is 545. The van der Waals surface area contributed by atoms with E-state index in [9.17, 15) is 18.0 Å². The Morgan fingerprint density at radius 3 is 2.35 bits per heavy atom. The van der Waals surface area contributed by atoms with Crippen molar-refractivity contribution in [1.29, 1.82) is 0 Å². The van der Waals surface area contributed by atoms with E-state index < -0.39 is 29.1 Å². The summed E-state index contributed by atoms with van der Waals surface area (Å²) in [5.74, 6) is -3.11. The van der Waals surface area contributed by atoms with Gasteiger partial charge in [0.1, 0.15) is 11.4 Å². The molecular formula is C16H23F3N2O2. The lowest BCUT2D eigenvalue weighted by Gasteiger charge is -2.26. The Morgan fingerprint density at radius 1 is 1.17 bits per heavy atom. The molecule has 130 valence electrons. The lowest BCUT2D eigenvalue weighted by molar-refractivity contribution is 0.0262. The average Bonchev–Trinajstić information content (AvgIpc) is 2.42. The number of ether oxygens (including phenoxy) is 1. The van der Waals surface area contributed by atoms with Gasteiger partial charge >= 0.3 is 6.09 Å². The van der Waals surface area contributed by atoms with Crippen LogP contribution in [-0.2, 0) is 11.3 Å². The van der Waals surface area contributed by atoms with E-state index in [0.29, 0.717) is 25.7 Å². The fourth-order valence-electron chi connectivity index (χ4n) is 1.84.